The summed E-state index contributed by atoms with van der Waals surface area (Å²) in [5.41, 5.74) is -0.469. The van der Waals surface area contributed by atoms with Crippen LogP contribution in [0.15, 0.2) is 15.9 Å². The maximum atomic E-state index is 12.3. The fourth-order valence-corrected chi connectivity index (χ4v) is 5.14. The summed E-state index contributed by atoms with van der Waals surface area (Å²) in [6.45, 7) is 0. The van der Waals surface area contributed by atoms with Gasteiger partial charge >= 0.3 is 5.97 Å². The van der Waals surface area contributed by atoms with E-state index in [1.807, 2.05) is 23.3 Å². The van der Waals surface area contributed by atoms with Crippen LogP contribution >= 0.6 is 23.1 Å². The monoisotopic (exact) mass is 312 g/mol. The molecule has 110 valence electrons. The minimum Gasteiger partial charge on any atom is -0.468 e. The summed E-state index contributed by atoms with van der Waals surface area (Å²) >= 11 is 3.48. The van der Waals surface area contributed by atoms with Crippen LogP contribution in [0.5, 0.6) is 0 Å². The molecule has 1 aromatic heterocycles. The molecule has 4 nitrogen and oxygen atoms in total. The molecule has 0 radical (unpaired) electrons. The largest absolute Gasteiger partial charge is 0.468 e. The maximum Gasteiger partial charge on any atom is 0.326 e. The van der Waals surface area contributed by atoms with Gasteiger partial charge < -0.3 is 4.74 Å². The summed E-state index contributed by atoms with van der Waals surface area (Å²) in [5, 5.41) is 6.01. The van der Waals surface area contributed by atoms with Gasteiger partial charge in [0.15, 0.2) is 0 Å². The molecule has 2 saturated carbocycles. The highest BCUT2D eigenvalue weighted by Crippen LogP contribution is 2.41. The quantitative estimate of drug-likeness (QED) is 0.847. The van der Waals surface area contributed by atoms with Gasteiger partial charge in [0.05, 0.1) is 7.11 Å². The zero-order valence-electron chi connectivity index (χ0n) is 11.6. The van der Waals surface area contributed by atoms with Gasteiger partial charge in [-0.2, -0.15) is 0 Å². The van der Waals surface area contributed by atoms with Crippen LogP contribution in [-0.4, -0.2) is 34.9 Å². The lowest BCUT2D eigenvalue weighted by Crippen LogP contribution is -2.56. The molecule has 20 heavy (non-hydrogen) atoms. The number of aromatic nitrogens is 1. The van der Waals surface area contributed by atoms with Gasteiger partial charge in [0.2, 0.25) is 0 Å². The number of hydrogen-bond donors (Lipinski definition) is 1. The number of nitrogens with zero attached hydrogens (tertiary/aromatic N) is 1. The van der Waals surface area contributed by atoms with E-state index in [1.54, 1.807) is 11.3 Å². The second-order valence-electron chi connectivity index (χ2n) is 5.63. The standard InChI is InChI=1S/C14H20N2O2S2/c1-18-12(17)14(16-10-4-5-10)6-2-3-11(9-14)20-13-15-7-8-19-13/h7-8,10-11,16H,2-6,9H2,1H3. The van der Waals surface area contributed by atoms with Gasteiger partial charge in [-0.15, -0.1) is 11.3 Å². The number of methoxy groups -OCH3 is 1. The summed E-state index contributed by atoms with van der Waals surface area (Å²) in [6.07, 6.45) is 8.16. The normalized spacial score (nSPS) is 30.1. The van der Waals surface area contributed by atoms with E-state index in [0.717, 1.165) is 30.0 Å². The van der Waals surface area contributed by atoms with Gasteiger partial charge in [0.25, 0.3) is 0 Å². The molecule has 2 fully saturated rings. The van der Waals surface area contributed by atoms with Gasteiger partial charge in [-0.1, -0.05) is 11.8 Å². The lowest BCUT2D eigenvalue weighted by Gasteiger charge is -2.39. The lowest BCUT2D eigenvalue weighted by atomic mass is 9.81. The molecule has 0 amide bonds. The number of nitrogens with one attached hydrogen (secondary N) is 1. The third-order valence-corrected chi connectivity index (χ3v) is 6.20. The first-order valence-corrected chi connectivity index (χ1v) is 8.90. The van der Waals surface area contributed by atoms with Crippen LogP contribution in [0.2, 0.25) is 0 Å². The van der Waals surface area contributed by atoms with Crippen molar-refractivity contribution in [3.8, 4) is 0 Å². The van der Waals surface area contributed by atoms with E-state index in [2.05, 4.69) is 10.3 Å². The van der Waals surface area contributed by atoms with Crippen molar-refractivity contribution in [2.24, 2.45) is 0 Å². The SMILES string of the molecule is COC(=O)C1(NC2CC2)CCCC(Sc2nccs2)C1. The number of ether oxygens (including phenoxy) is 1. The molecular weight excluding hydrogens is 292 g/mol. The number of carbonyl (C=O) groups is 1. The van der Waals surface area contributed by atoms with E-state index in [1.165, 1.54) is 20.0 Å². The van der Waals surface area contributed by atoms with Crippen molar-refractivity contribution >= 4 is 29.1 Å². The van der Waals surface area contributed by atoms with Crippen molar-refractivity contribution in [1.82, 2.24) is 10.3 Å². The van der Waals surface area contributed by atoms with Crippen LogP contribution in [0.25, 0.3) is 0 Å². The van der Waals surface area contributed by atoms with E-state index >= 15 is 0 Å². The lowest BCUT2D eigenvalue weighted by molar-refractivity contribution is -0.150. The fraction of sp³-hybridized carbons (Fsp3) is 0.714. The zero-order valence-corrected chi connectivity index (χ0v) is 13.3. The summed E-state index contributed by atoms with van der Waals surface area (Å²) in [4.78, 5) is 16.6. The molecule has 1 aromatic rings. The average molecular weight is 312 g/mol. The molecule has 0 aliphatic heterocycles. The highest BCUT2D eigenvalue weighted by Gasteiger charge is 2.46. The maximum absolute atomic E-state index is 12.3. The second kappa shape index (κ2) is 6.03. The van der Waals surface area contributed by atoms with E-state index < -0.39 is 5.54 Å². The van der Waals surface area contributed by atoms with Gasteiger partial charge in [-0.25, -0.2) is 4.98 Å². The summed E-state index contributed by atoms with van der Waals surface area (Å²) in [5.74, 6) is -0.0890. The van der Waals surface area contributed by atoms with Gasteiger partial charge in [0.1, 0.15) is 9.88 Å². The van der Waals surface area contributed by atoms with Crippen LogP contribution in [0.4, 0.5) is 0 Å². The molecule has 0 spiro atoms. The van der Waals surface area contributed by atoms with Crippen molar-refractivity contribution in [1.29, 1.82) is 0 Å². The van der Waals surface area contributed by atoms with E-state index in [4.69, 9.17) is 4.74 Å². The van der Waals surface area contributed by atoms with Gasteiger partial charge in [0, 0.05) is 22.9 Å². The number of rotatable bonds is 5. The second-order valence-corrected chi connectivity index (χ2v) is 8.07. The van der Waals surface area contributed by atoms with Crippen LogP contribution < -0.4 is 5.32 Å². The molecule has 0 bridgehead atoms. The molecule has 1 heterocycles. The molecule has 6 heteroatoms. The number of thioether (sulfide) groups is 1. The first-order chi connectivity index (χ1) is 9.72. The van der Waals surface area contributed by atoms with Crippen LogP contribution in [0, 0.1) is 0 Å². The van der Waals surface area contributed by atoms with Crippen molar-refractivity contribution in [3.05, 3.63) is 11.6 Å². The predicted octanol–water partition coefficient (Wildman–Crippen LogP) is 2.84. The highest BCUT2D eigenvalue weighted by molar-refractivity contribution is 8.01. The highest BCUT2D eigenvalue weighted by atomic mass is 32.2. The molecule has 2 aliphatic carbocycles. The predicted molar refractivity (Wildman–Crippen MR) is 81.1 cm³/mol. The molecule has 2 unspecified atom stereocenters. The molecule has 2 atom stereocenters. The Kier molecular flexibility index (Phi) is 4.33. The Morgan fingerprint density at radius 2 is 2.40 bits per heavy atom. The molecule has 2 aliphatic rings. The van der Waals surface area contributed by atoms with Crippen molar-refractivity contribution < 1.29 is 9.53 Å². The van der Waals surface area contributed by atoms with Crippen LogP contribution in [0.3, 0.4) is 0 Å². The molecule has 0 saturated heterocycles. The Morgan fingerprint density at radius 3 is 3.05 bits per heavy atom. The Morgan fingerprint density at radius 1 is 1.55 bits per heavy atom. The topological polar surface area (TPSA) is 51.2 Å². The van der Waals surface area contributed by atoms with E-state index in [0.29, 0.717) is 11.3 Å². The number of esters is 1. The number of thiazole rings is 1. The first-order valence-electron chi connectivity index (χ1n) is 7.14. The van der Waals surface area contributed by atoms with Gasteiger partial charge in [-0.05, 0) is 38.5 Å². The minimum atomic E-state index is -0.469. The van der Waals surface area contributed by atoms with E-state index in [-0.39, 0.29) is 5.97 Å². The van der Waals surface area contributed by atoms with Crippen molar-refractivity contribution in [2.75, 3.05) is 7.11 Å². The summed E-state index contributed by atoms with van der Waals surface area (Å²) < 4.78 is 6.18. The average Bonchev–Trinajstić information content (AvgIpc) is 3.11. The third-order valence-electron chi connectivity index (χ3n) is 4.02. The van der Waals surface area contributed by atoms with Gasteiger partial charge in [-0.3, -0.25) is 10.1 Å². The molecule has 0 aromatic carbocycles. The first kappa shape index (κ1) is 14.4. The number of hydrogen-bond acceptors (Lipinski definition) is 6. The van der Waals surface area contributed by atoms with Crippen molar-refractivity contribution in [3.63, 3.8) is 0 Å². The van der Waals surface area contributed by atoms with Crippen LogP contribution in [-0.2, 0) is 9.53 Å². The Hall–Kier alpha value is -0.590. The Balaban J connectivity index is 1.70. The zero-order chi connectivity index (χ0) is 14.0. The molecule has 3 rings (SSSR count). The summed E-state index contributed by atoms with van der Waals surface area (Å²) in [6, 6.07) is 0.512. The Labute approximate surface area is 127 Å². The number of carbonyl (C=O) groups excluding carboxylic acids is 1. The fourth-order valence-electron chi connectivity index (χ4n) is 2.93. The van der Waals surface area contributed by atoms with E-state index in [9.17, 15) is 4.79 Å². The minimum absolute atomic E-state index is 0.0890. The third kappa shape index (κ3) is 3.18. The molecule has 1 N–H and O–H groups in total. The van der Waals surface area contributed by atoms with Crippen LogP contribution in [0.1, 0.15) is 38.5 Å². The molecular formula is C14H20N2O2S2. The smallest absolute Gasteiger partial charge is 0.326 e. The van der Waals surface area contributed by atoms with Crippen molar-refractivity contribution in [2.45, 2.75) is 59.7 Å². The summed E-state index contributed by atoms with van der Waals surface area (Å²) in [7, 11) is 1.50. The Bertz CT molecular complexity index is 462.